The fourth-order valence-electron chi connectivity index (χ4n) is 13.9. The van der Waals surface area contributed by atoms with Crippen molar-refractivity contribution in [3.63, 3.8) is 0 Å². The Morgan fingerprint density at radius 1 is 0.364 bits per heavy atom. The number of rotatable bonds is 72. The summed E-state index contributed by atoms with van der Waals surface area (Å²) in [7, 11) is 0. The summed E-state index contributed by atoms with van der Waals surface area (Å²) in [6.07, 6.45) is -0.772. The van der Waals surface area contributed by atoms with E-state index >= 15 is 0 Å². The Morgan fingerprint density at radius 3 is 1.04 bits per heavy atom. The molecule has 0 fully saturated rings. The van der Waals surface area contributed by atoms with Crippen molar-refractivity contribution in [3.05, 3.63) is 59.7 Å². The molecular weight excluding hydrogens is 1870 g/mol. The number of aliphatic carboxylic acids is 2. The van der Waals surface area contributed by atoms with Crippen molar-refractivity contribution in [1.29, 1.82) is 10.8 Å². The highest BCUT2D eigenvalue weighted by molar-refractivity contribution is 7.98. The summed E-state index contributed by atoms with van der Waals surface area (Å²) in [6.45, 7) is 6.36. The van der Waals surface area contributed by atoms with E-state index in [1.165, 1.54) is 72.1 Å². The normalized spacial score (nSPS) is 14.6. The van der Waals surface area contributed by atoms with Crippen LogP contribution in [0.1, 0.15) is 174 Å². The lowest BCUT2D eigenvalue weighted by molar-refractivity contribution is -0.143. The molecule has 2 aromatic rings. The van der Waals surface area contributed by atoms with Gasteiger partial charge in [0.2, 0.25) is 94.5 Å². The predicted molar refractivity (Wildman–Crippen MR) is 521 cm³/mol. The third kappa shape index (κ3) is 50.4. The van der Waals surface area contributed by atoms with Crippen LogP contribution in [0.2, 0.25) is 0 Å². The number of amides is 16. The maximum absolute atomic E-state index is 14.8. The van der Waals surface area contributed by atoms with E-state index in [-0.39, 0.29) is 159 Å². The molecule has 0 heterocycles. The minimum Gasteiger partial charge on any atom is -0.508 e. The maximum atomic E-state index is 14.8. The number of hydrogen-bond acceptors (Lipinski definition) is 30. The number of phenolic OH excluding ortho intramolecular Hbond substituents is 2. The van der Waals surface area contributed by atoms with Crippen molar-refractivity contribution < 1.29 is 117 Å². The number of carbonyl (C=O) groups excluding carboxylic acids is 16. The van der Waals surface area contributed by atoms with Crippen LogP contribution in [0, 0.1) is 22.7 Å². The van der Waals surface area contributed by atoms with E-state index in [4.69, 9.17) is 51.0 Å². The summed E-state index contributed by atoms with van der Waals surface area (Å²) in [4.78, 5) is 252. The van der Waals surface area contributed by atoms with Crippen LogP contribution in [-0.2, 0) is 99.1 Å². The fourth-order valence-corrected chi connectivity index (χ4v) is 14.9. The molecule has 0 aliphatic carbocycles. The Bertz CT molecular complexity index is 4360. The van der Waals surface area contributed by atoms with Crippen LogP contribution in [-0.4, -0.2) is 316 Å². The van der Waals surface area contributed by atoms with Gasteiger partial charge < -0.3 is 161 Å². The SMILES string of the molecule is CSCC[C@@H](N)C(=O)NCC(=O)N[C@@H](Cc1ccc(O)cc1)C(=O)N[C@@H](CCC(N)=O)C(=O)N[C@@H](CCCCN)C(=O)N[C@@H](CCCCN)C(=O)N[C@@H](CC(C)C)C(=O)N[C@@H](CCCNC(=N)N)C(=O)N[C@@H](CO)C(=O)N[C@@H](CCSC)C(=O)N[C@H](C(=O)N[C@@H](CC(=O)O)C(=O)N[C@@H](CCCCN)C(=O)N[C@@H](Cc1ccc(O)cc1)C(=O)N[C@@H](CCCNC(=N)N)C(=O)N[C@@H](CC(C)C)C(=O)O)[C@@H](C)O. The van der Waals surface area contributed by atoms with Crippen molar-refractivity contribution in [2.45, 2.75) is 273 Å². The number of carbonyl (C=O) groups is 18. The monoisotopic (exact) mass is 2020 g/mol. The largest absolute Gasteiger partial charge is 0.508 e. The molecule has 0 saturated heterocycles. The molecule has 2 aromatic carbocycles. The van der Waals surface area contributed by atoms with Crippen LogP contribution in [0.5, 0.6) is 11.5 Å². The summed E-state index contributed by atoms with van der Waals surface area (Å²) in [6, 6.07) is -13.3. The van der Waals surface area contributed by atoms with Gasteiger partial charge in [0.05, 0.1) is 31.7 Å². The van der Waals surface area contributed by atoms with Crippen LogP contribution in [0.3, 0.4) is 0 Å². The number of guanidine groups is 2. The number of phenols is 2. The molecule has 0 unspecified atom stereocenters. The number of thioether (sulfide) groups is 2. The third-order valence-corrected chi connectivity index (χ3v) is 22.8. The van der Waals surface area contributed by atoms with Gasteiger partial charge in [-0.1, -0.05) is 52.0 Å². The topological polar surface area (TPSA) is 863 Å². The Morgan fingerprint density at radius 2 is 0.679 bits per heavy atom. The molecule has 140 heavy (non-hydrogen) atoms. The van der Waals surface area contributed by atoms with Crippen molar-refractivity contribution >= 4 is 142 Å². The van der Waals surface area contributed by atoms with E-state index in [0.29, 0.717) is 36.1 Å². The molecule has 0 spiro atoms. The zero-order valence-electron chi connectivity index (χ0n) is 80.3. The molecule has 0 bridgehead atoms. The Hall–Kier alpha value is -12.5. The number of nitrogens with two attached hydrogens (primary N) is 7. The van der Waals surface area contributed by atoms with Gasteiger partial charge in [0.25, 0.3) is 0 Å². The van der Waals surface area contributed by atoms with Gasteiger partial charge in [-0.15, -0.1) is 0 Å². The molecule has 50 nitrogen and oxygen atoms in total. The van der Waals surface area contributed by atoms with Gasteiger partial charge in [0.1, 0.15) is 96.1 Å². The first kappa shape index (κ1) is 124. The number of primary amides is 1. The van der Waals surface area contributed by atoms with Gasteiger partial charge in [0, 0.05) is 32.4 Å². The molecule has 786 valence electrons. The first-order valence-corrected chi connectivity index (χ1v) is 49.1. The first-order chi connectivity index (χ1) is 66.2. The maximum Gasteiger partial charge on any atom is 0.326 e. The van der Waals surface area contributed by atoms with Gasteiger partial charge in [0.15, 0.2) is 11.9 Å². The van der Waals surface area contributed by atoms with Gasteiger partial charge in [-0.05, 0) is 213 Å². The van der Waals surface area contributed by atoms with Crippen LogP contribution in [0.4, 0.5) is 0 Å². The number of aliphatic hydroxyl groups is 2. The molecule has 52 heteroatoms. The number of nitrogens with one attached hydrogen (secondary N) is 19. The number of aliphatic hydroxyl groups excluding tert-OH is 2. The standard InChI is InChI=1S/C88H148N26O24S2/c1-47(2)40-62(109-74(125)56(17-9-12-34-90)102-73(124)55(16-8-11-33-89)103-78(129)60(29-30-68(93)119)107-81(132)63(42-50-21-25-52(117)26-22-50)101-69(120)45-100-72(123)54(92)31-38-139-6)80(131)105-59(20-15-37-99-88(96)97)77(128)113-67(46-115)84(135)108-61(32-39-140-7)79(130)114-71(49(5)116)85(136)111-65(44-70(121)122)83(134)104-57(18-10-13-35-91)75(126)110-64(43-51-23-27-53(118)28-24-51)82(133)106-58(19-14-36-98-87(94)95)76(127)112-66(86(137)138)41-48(3)4/h21-28,47-49,54-67,71,115-118H,8-20,29-46,89-92H2,1-7H3,(H2,93,119)(H,100,123)(H,101,120)(H,102,124)(H,103,129)(H,104,134)(H,105,131)(H,106,133)(H,107,132)(H,108,135)(H,109,125)(H,110,126)(H,111,136)(H,112,127)(H,113,128)(H,114,130)(H,121,122)(H,137,138)(H4,94,95,98)(H4,96,97,99)/t49-,54-,55+,56+,57+,58+,59+,60+,61+,62+,63+,64+,65+,66+,67+,71+/m1/s1. The molecule has 0 radical (unpaired) electrons. The van der Waals surface area contributed by atoms with Crippen molar-refractivity contribution in [3.8, 4) is 11.5 Å². The van der Waals surface area contributed by atoms with Crippen molar-refractivity contribution in [2.24, 2.45) is 52.0 Å². The third-order valence-electron chi connectivity index (χ3n) is 21.5. The number of carboxylic acids is 2. The summed E-state index contributed by atoms with van der Waals surface area (Å²) < 4.78 is 0. The number of hydrogen-bond donors (Lipinski definition) is 32. The van der Waals surface area contributed by atoms with E-state index in [1.807, 2.05) is 6.26 Å². The molecule has 39 N–H and O–H groups in total. The van der Waals surface area contributed by atoms with Crippen molar-refractivity contribution in [2.75, 3.05) is 69.9 Å². The molecule has 0 aromatic heterocycles. The lowest BCUT2D eigenvalue weighted by Gasteiger charge is -2.29. The van der Waals surface area contributed by atoms with E-state index in [1.54, 1.807) is 34.0 Å². The second-order valence-electron chi connectivity index (χ2n) is 34.4. The lowest BCUT2D eigenvalue weighted by atomic mass is 10.0. The number of benzene rings is 2. The van der Waals surface area contributed by atoms with Gasteiger partial charge in [-0.25, -0.2) is 4.79 Å². The highest BCUT2D eigenvalue weighted by Crippen LogP contribution is 2.19. The summed E-state index contributed by atoms with van der Waals surface area (Å²) in [5.74, 6) is -20.8. The number of aromatic hydroxyl groups is 2. The zero-order chi connectivity index (χ0) is 105. The van der Waals surface area contributed by atoms with Gasteiger partial charge >= 0.3 is 11.9 Å². The quantitative estimate of drug-likeness (QED) is 0.0166. The molecule has 0 aliphatic heterocycles. The summed E-state index contributed by atoms with van der Waals surface area (Å²) >= 11 is 2.62. The van der Waals surface area contributed by atoms with Crippen LogP contribution >= 0.6 is 23.5 Å². The fraction of sp³-hybridized carbons (Fsp3) is 0.636. The second-order valence-corrected chi connectivity index (χ2v) is 36.4. The zero-order valence-corrected chi connectivity index (χ0v) is 82.0. The molecular formula is C88H148N26O24S2. The molecule has 0 aliphatic rings. The van der Waals surface area contributed by atoms with Crippen LogP contribution in [0.15, 0.2) is 48.5 Å². The molecule has 16 atom stereocenters. The summed E-state index contributed by atoms with van der Waals surface area (Å²) in [5, 5.41) is 120. The smallest absolute Gasteiger partial charge is 0.326 e. The number of unbranched alkanes of at least 4 members (excludes halogenated alkanes) is 3. The molecule has 16 amide bonds. The van der Waals surface area contributed by atoms with Crippen LogP contribution < -0.4 is 131 Å². The average Bonchev–Trinajstić information content (AvgIpc) is 0.836. The van der Waals surface area contributed by atoms with E-state index in [2.05, 4.69) is 90.4 Å². The second kappa shape index (κ2) is 67.7. The Balaban J connectivity index is 2.60. The van der Waals surface area contributed by atoms with Crippen molar-refractivity contribution in [1.82, 2.24) is 90.4 Å². The van der Waals surface area contributed by atoms with Gasteiger partial charge in [-0.3, -0.25) is 92.3 Å². The molecule has 0 saturated carbocycles. The predicted octanol–water partition coefficient (Wildman–Crippen LogP) is -7.18. The minimum atomic E-state index is -2.12. The van der Waals surface area contributed by atoms with E-state index in [9.17, 15) is 117 Å². The minimum absolute atomic E-state index is 0.00383. The highest BCUT2D eigenvalue weighted by atomic mass is 32.2. The molecule has 2 rings (SSSR count). The van der Waals surface area contributed by atoms with E-state index < -0.39 is 253 Å². The average molecular weight is 2020 g/mol. The number of carboxylic acid groups (broad SMARTS) is 2. The highest BCUT2D eigenvalue weighted by Gasteiger charge is 2.40. The Kier molecular flexibility index (Phi) is 59.8. The van der Waals surface area contributed by atoms with Crippen LogP contribution in [0.25, 0.3) is 0 Å². The lowest BCUT2D eigenvalue weighted by Crippen LogP contribution is -2.62. The van der Waals surface area contributed by atoms with Gasteiger partial charge in [-0.2, -0.15) is 23.5 Å². The van der Waals surface area contributed by atoms with E-state index in [0.717, 1.165) is 6.92 Å². The summed E-state index contributed by atoms with van der Waals surface area (Å²) in [5.41, 5.74) is 40.8. The Labute approximate surface area is 821 Å². The first-order valence-electron chi connectivity index (χ1n) is 46.3.